The highest BCUT2D eigenvalue weighted by molar-refractivity contribution is 9.10. The monoisotopic (exact) mass is 361 g/mol. The van der Waals surface area contributed by atoms with Crippen molar-refractivity contribution in [2.24, 2.45) is 5.41 Å². The molecule has 0 radical (unpaired) electrons. The van der Waals surface area contributed by atoms with E-state index in [-0.39, 0.29) is 5.91 Å². The number of carbonyl (C=O) groups is 2. The molecule has 110 valence electrons. The van der Waals surface area contributed by atoms with Crippen LogP contribution in [0.3, 0.4) is 0 Å². The fraction of sp³-hybridized carbons (Fsp3) is 0.429. The fourth-order valence-electron chi connectivity index (χ4n) is 1.42. The Morgan fingerprint density at radius 2 is 1.80 bits per heavy atom. The quantitative estimate of drug-likeness (QED) is 0.858. The SMILES string of the molecule is CC(C)(NC(=O)c1ccc(Br)c(Cl)c1)C(C)(C)C(=O)O. The summed E-state index contributed by atoms with van der Waals surface area (Å²) in [6, 6.07) is 4.83. The first-order valence-corrected chi connectivity index (χ1v) is 7.17. The average Bonchev–Trinajstić information content (AvgIpc) is 2.31. The van der Waals surface area contributed by atoms with E-state index in [1.807, 2.05) is 0 Å². The third-order valence-corrected chi connectivity index (χ3v) is 4.94. The number of hydrogen-bond acceptors (Lipinski definition) is 2. The molecule has 0 saturated carbocycles. The Kier molecular flexibility index (Phi) is 4.87. The zero-order valence-electron chi connectivity index (χ0n) is 11.8. The Morgan fingerprint density at radius 1 is 1.25 bits per heavy atom. The lowest BCUT2D eigenvalue weighted by molar-refractivity contribution is -0.150. The number of halogens is 2. The summed E-state index contributed by atoms with van der Waals surface area (Å²) in [7, 11) is 0. The molecule has 1 aromatic carbocycles. The molecule has 0 bridgehead atoms. The molecule has 1 amide bonds. The van der Waals surface area contributed by atoms with E-state index in [9.17, 15) is 14.7 Å². The van der Waals surface area contributed by atoms with Crippen LogP contribution < -0.4 is 5.32 Å². The zero-order valence-corrected chi connectivity index (χ0v) is 14.1. The van der Waals surface area contributed by atoms with E-state index in [1.54, 1.807) is 39.8 Å². The lowest BCUT2D eigenvalue weighted by atomic mass is 9.74. The van der Waals surface area contributed by atoms with E-state index >= 15 is 0 Å². The van der Waals surface area contributed by atoms with Gasteiger partial charge in [0.05, 0.1) is 16.0 Å². The average molecular weight is 363 g/mol. The number of hydrogen-bond donors (Lipinski definition) is 2. The molecule has 0 heterocycles. The second kappa shape index (κ2) is 5.74. The van der Waals surface area contributed by atoms with Crippen molar-refractivity contribution in [3.8, 4) is 0 Å². The molecular weight excluding hydrogens is 346 g/mol. The maximum Gasteiger partial charge on any atom is 0.311 e. The first kappa shape index (κ1) is 17.0. The third kappa shape index (κ3) is 3.33. The molecule has 0 aromatic heterocycles. The molecule has 0 aliphatic carbocycles. The van der Waals surface area contributed by atoms with Gasteiger partial charge in [0, 0.05) is 10.0 Å². The highest BCUT2D eigenvalue weighted by atomic mass is 79.9. The van der Waals surface area contributed by atoms with E-state index in [1.165, 1.54) is 6.07 Å². The van der Waals surface area contributed by atoms with Gasteiger partial charge in [-0.05, 0) is 61.8 Å². The summed E-state index contributed by atoms with van der Waals surface area (Å²) in [5.74, 6) is -1.34. The van der Waals surface area contributed by atoms with Crippen LogP contribution in [0.1, 0.15) is 38.1 Å². The number of nitrogens with one attached hydrogen (secondary N) is 1. The molecule has 0 spiro atoms. The van der Waals surface area contributed by atoms with Crippen molar-refractivity contribution in [1.29, 1.82) is 0 Å². The molecule has 1 aromatic rings. The minimum Gasteiger partial charge on any atom is -0.481 e. The van der Waals surface area contributed by atoms with Crippen LogP contribution in [0, 0.1) is 5.41 Å². The molecule has 2 N–H and O–H groups in total. The fourth-order valence-corrected chi connectivity index (χ4v) is 1.84. The van der Waals surface area contributed by atoms with Gasteiger partial charge in [0.15, 0.2) is 0 Å². The molecule has 4 nitrogen and oxygen atoms in total. The van der Waals surface area contributed by atoms with Gasteiger partial charge in [-0.25, -0.2) is 0 Å². The van der Waals surface area contributed by atoms with Gasteiger partial charge in [-0.1, -0.05) is 11.6 Å². The Hall–Kier alpha value is -1.07. The molecule has 0 unspecified atom stereocenters. The van der Waals surface area contributed by atoms with Crippen LogP contribution in [-0.4, -0.2) is 22.5 Å². The van der Waals surface area contributed by atoms with Gasteiger partial charge < -0.3 is 10.4 Å². The minimum atomic E-state index is -1.11. The number of benzene rings is 1. The maximum atomic E-state index is 12.2. The molecule has 0 aliphatic rings. The number of carboxylic acids is 1. The van der Waals surface area contributed by atoms with Gasteiger partial charge in [-0.3, -0.25) is 9.59 Å². The van der Waals surface area contributed by atoms with Crippen molar-refractivity contribution in [3.63, 3.8) is 0 Å². The standard InChI is InChI=1S/C14H17BrClNO3/c1-13(2,12(19)20)14(3,4)17-11(18)8-5-6-9(15)10(16)7-8/h5-7H,1-4H3,(H,17,18)(H,19,20). The van der Waals surface area contributed by atoms with Crippen LogP contribution in [0.5, 0.6) is 0 Å². The Morgan fingerprint density at radius 3 is 2.25 bits per heavy atom. The molecule has 0 aliphatic heterocycles. The first-order chi connectivity index (χ1) is 8.99. The Bertz CT molecular complexity index is 555. The minimum absolute atomic E-state index is 0.362. The molecule has 0 saturated heterocycles. The van der Waals surface area contributed by atoms with Crippen molar-refractivity contribution in [2.75, 3.05) is 0 Å². The largest absolute Gasteiger partial charge is 0.481 e. The molecular formula is C14H17BrClNO3. The second-order valence-electron chi connectivity index (χ2n) is 5.64. The van der Waals surface area contributed by atoms with Crippen molar-refractivity contribution in [1.82, 2.24) is 5.32 Å². The second-order valence-corrected chi connectivity index (χ2v) is 6.90. The number of carboxylic acid groups (broad SMARTS) is 1. The van der Waals surface area contributed by atoms with E-state index in [2.05, 4.69) is 21.2 Å². The van der Waals surface area contributed by atoms with Crippen LogP contribution in [0.15, 0.2) is 22.7 Å². The summed E-state index contributed by atoms with van der Waals surface area (Å²) in [5, 5.41) is 12.4. The molecule has 0 fully saturated rings. The van der Waals surface area contributed by atoms with Crippen molar-refractivity contribution < 1.29 is 14.7 Å². The predicted octanol–water partition coefficient (Wildman–Crippen LogP) is 3.72. The maximum absolute atomic E-state index is 12.2. The van der Waals surface area contributed by atoms with Crippen LogP contribution >= 0.6 is 27.5 Å². The van der Waals surface area contributed by atoms with Crippen molar-refractivity contribution in [2.45, 2.75) is 33.2 Å². The number of rotatable bonds is 4. The van der Waals surface area contributed by atoms with Gasteiger partial charge in [0.2, 0.25) is 0 Å². The van der Waals surface area contributed by atoms with Crippen LogP contribution in [0.2, 0.25) is 5.02 Å². The summed E-state index contributed by atoms with van der Waals surface area (Å²) in [6.07, 6.45) is 0. The summed E-state index contributed by atoms with van der Waals surface area (Å²) in [4.78, 5) is 23.5. The topological polar surface area (TPSA) is 66.4 Å². The van der Waals surface area contributed by atoms with Crippen LogP contribution in [0.4, 0.5) is 0 Å². The highest BCUT2D eigenvalue weighted by Gasteiger charge is 2.44. The number of amides is 1. The molecule has 6 heteroatoms. The van der Waals surface area contributed by atoms with Gasteiger partial charge >= 0.3 is 5.97 Å². The van der Waals surface area contributed by atoms with E-state index in [4.69, 9.17) is 11.6 Å². The normalized spacial score (nSPS) is 12.1. The Labute approximate surface area is 131 Å². The highest BCUT2D eigenvalue weighted by Crippen LogP contribution is 2.31. The number of aliphatic carboxylic acids is 1. The summed E-state index contributed by atoms with van der Waals surface area (Å²) >= 11 is 9.20. The smallest absolute Gasteiger partial charge is 0.311 e. The van der Waals surface area contributed by atoms with Gasteiger partial charge in [0.1, 0.15) is 0 Å². The van der Waals surface area contributed by atoms with Gasteiger partial charge in [-0.2, -0.15) is 0 Å². The van der Waals surface area contributed by atoms with Crippen LogP contribution in [-0.2, 0) is 4.79 Å². The number of carbonyl (C=O) groups excluding carboxylic acids is 1. The molecule has 0 atom stereocenters. The van der Waals surface area contributed by atoms with E-state index in [0.29, 0.717) is 15.1 Å². The summed E-state index contributed by atoms with van der Waals surface area (Å²) in [5.41, 5.74) is -1.65. The zero-order chi connectivity index (χ0) is 15.7. The van der Waals surface area contributed by atoms with Gasteiger partial charge in [-0.15, -0.1) is 0 Å². The van der Waals surface area contributed by atoms with Crippen LogP contribution in [0.25, 0.3) is 0 Å². The lowest BCUT2D eigenvalue weighted by Crippen LogP contribution is -2.56. The first-order valence-electron chi connectivity index (χ1n) is 6.00. The van der Waals surface area contributed by atoms with E-state index in [0.717, 1.165) is 0 Å². The van der Waals surface area contributed by atoms with Crippen molar-refractivity contribution >= 4 is 39.4 Å². The summed E-state index contributed by atoms with van der Waals surface area (Å²) < 4.78 is 0.695. The van der Waals surface area contributed by atoms with E-state index < -0.39 is 16.9 Å². The summed E-state index contributed by atoms with van der Waals surface area (Å²) in [6.45, 7) is 6.51. The van der Waals surface area contributed by atoms with Gasteiger partial charge in [0.25, 0.3) is 5.91 Å². The molecule has 1 rings (SSSR count). The molecule has 20 heavy (non-hydrogen) atoms. The van der Waals surface area contributed by atoms with Crippen molar-refractivity contribution in [3.05, 3.63) is 33.3 Å². The predicted molar refractivity (Wildman–Crippen MR) is 82.1 cm³/mol. The lowest BCUT2D eigenvalue weighted by Gasteiger charge is -2.38. The Balaban J connectivity index is 3.00. The third-order valence-electron chi connectivity index (χ3n) is 3.70.